The van der Waals surface area contributed by atoms with Gasteiger partial charge in [-0.3, -0.25) is 0 Å². The zero-order valence-electron chi connectivity index (χ0n) is 11.8. The van der Waals surface area contributed by atoms with Crippen molar-refractivity contribution in [2.45, 2.75) is 29.8 Å². The number of amides is 1. The molecule has 0 aromatic carbocycles. The lowest BCUT2D eigenvalue weighted by Crippen LogP contribution is -2.38. The first-order chi connectivity index (χ1) is 9.56. The number of likely N-dealkylation sites (tertiary alicyclic amines) is 1. The molecular formula is C11H20N6O2S. The zero-order chi connectivity index (χ0) is 14.5. The van der Waals surface area contributed by atoms with E-state index in [1.165, 1.54) is 4.90 Å². The molecule has 0 unspecified atom stereocenters. The SMILES string of the molecule is CN(C)CCn1nnnc1SC1CCN(C(=O)O)CC1. The van der Waals surface area contributed by atoms with Crippen LogP contribution >= 0.6 is 11.8 Å². The predicted octanol–water partition coefficient (Wildman–Crippen LogP) is 0.469. The summed E-state index contributed by atoms with van der Waals surface area (Å²) in [6.07, 6.45) is 0.860. The molecule has 0 radical (unpaired) electrons. The Kier molecular flexibility index (Phi) is 5.18. The van der Waals surface area contributed by atoms with Crippen molar-refractivity contribution in [2.24, 2.45) is 0 Å². The molecule has 1 aliphatic rings. The lowest BCUT2D eigenvalue weighted by atomic mass is 10.1. The van der Waals surface area contributed by atoms with E-state index in [0.717, 1.165) is 31.1 Å². The molecule has 0 aliphatic carbocycles. The molecule has 2 heterocycles. The summed E-state index contributed by atoms with van der Waals surface area (Å²) < 4.78 is 1.81. The topological polar surface area (TPSA) is 87.4 Å². The number of carboxylic acid groups (broad SMARTS) is 1. The van der Waals surface area contributed by atoms with Crippen LogP contribution in [0.1, 0.15) is 12.8 Å². The van der Waals surface area contributed by atoms with Crippen LogP contribution in [0.2, 0.25) is 0 Å². The highest BCUT2D eigenvalue weighted by Crippen LogP contribution is 2.28. The molecule has 20 heavy (non-hydrogen) atoms. The third-order valence-corrected chi connectivity index (χ3v) is 4.55. The van der Waals surface area contributed by atoms with Crippen molar-refractivity contribution in [3.63, 3.8) is 0 Å². The normalized spacial score (nSPS) is 16.9. The van der Waals surface area contributed by atoms with E-state index in [1.807, 2.05) is 18.8 Å². The molecule has 2 rings (SSSR count). The van der Waals surface area contributed by atoms with Crippen LogP contribution in [-0.4, -0.2) is 80.2 Å². The molecule has 112 valence electrons. The Bertz CT molecular complexity index is 444. The highest BCUT2D eigenvalue weighted by molar-refractivity contribution is 7.99. The largest absolute Gasteiger partial charge is 0.465 e. The van der Waals surface area contributed by atoms with Crippen LogP contribution < -0.4 is 0 Å². The van der Waals surface area contributed by atoms with Gasteiger partial charge in [0, 0.05) is 24.9 Å². The smallest absolute Gasteiger partial charge is 0.407 e. The first kappa shape index (κ1) is 15.0. The Morgan fingerprint density at radius 3 is 2.75 bits per heavy atom. The summed E-state index contributed by atoms with van der Waals surface area (Å²) in [5.41, 5.74) is 0. The number of tetrazole rings is 1. The van der Waals surface area contributed by atoms with Crippen molar-refractivity contribution in [1.29, 1.82) is 0 Å². The molecular weight excluding hydrogens is 280 g/mol. The van der Waals surface area contributed by atoms with Crippen LogP contribution in [0.25, 0.3) is 0 Å². The van der Waals surface area contributed by atoms with Crippen LogP contribution in [-0.2, 0) is 6.54 Å². The highest BCUT2D eigenvalue weighted by Gasteiger charge is 2.24. The van der Waals surface area contributed by atoms with Gasteiger partial charge in [-0.1, -0.05) is 11.8 Å². The van der Waals surface area contributed by atoms with Gasteiger partial charge in [0.25, 0.3) is 0 Å². The lowest BCUT2D eigenvalue weighted by molar-refractivity contribution is 0.136. The molecule has 0 atom stereocenters. The van der Waals surface area contributed by atoms with E-state index < -0.39 is 6.09 Å². The van der Waals surface area contributed by atoms with Crippen molar-refractivity contribution in [3.8, 4) is 0 Å². The zero-order valence-corrected chi connectivity index (χ0v) is 12.6. The number of nitrogens with zero attached hydrogens (tertiary/aromatic N) is 6. The third-order valence-electron chi connectivity index (χ3n) is 3.24. The maximum Gasteiger partial charge on any atom is 0.407 e. The van der Waals surface area contributed by atoms with Gasteiger partial charge in [0.1, 0.15) is 0 Å². The second-order valence-electron chi connectivity index (χ2n) is 5.07. The fourth-order valence-corrected chi connectivity index (χ4v) is 3.11. The number of hydrogen-bond donors (Lipinski definition) is 1. The lowest BCUT2D eigenvalue weighted by Gasteiger charge is -2.29. The van der Waals surface area contributed by atoms with E-state index in [-0.39, 0.29) is 0 Å². The van der Waals surface area contributed by atoms with E-state index in [1.54, 1.807) is 11.8 Å². The molecule has 1 aliphatic heterocycles. The molecule has 9 heteroatoms. The summed E-state index contributed by atoms with van der Waals surface area (Å²) in [7, 11) is 4.03. The molecule has 1 aromatic rings. The van der Waals surface area contributed by atoms with Crippen LogP contribution in [0.5, 0.6) is 0 Å². The first-order valence-electron chi connectivity index (χ1n) is 6.61. The monoisotopic (exact) mass is 300 g/mol. The Morgan fingerprint density at radius 1 is 1.45 bits per heavy atom. The van der Waals surface area contributed by atoms with Gasteiger partial charge in [0.15, 0.2) is 0 Å². The minimum atomic E-state index is -0.829. The van der Waals surface area contributed by atoms with Crippen LogP contribution in [0.15, 0.2) is 5.16 Å². The van der Waals surface area contributed by atoms with Gasteiger partial charge < -0.3 is 14.9 Å². The van der Waals surface area contributed by atoms with E-state index >= 15 is 0 Å². The highest BCUT2D eigenvalue weighted by atomic mass is 32.2. The van der Waals surface area contributed by atoms with Gasteiger partial charge in [0.05, 0.1) is 6.54 Å². The number of piperidine rings is 1. The fourth-order valence-electron chi connectivity index (χ4n) is 2.03. The van der Waals surface area contributed by atoms with Gasteiger partial charge in [-0.15, -0.1) is 5.10 Å². The van der Waals surface area contributed by atoms with Crippen molar-refractivity contribution in [1.82, 2.24) is 30.0 Å². The number of aromatic nitrogens is 4. The van der Waals surface area contributed by atoms with Crippen LogP contribution in [0.3, 0.4) is 0 Å². The molecule has 8 nitrogen and oxygen atoms in total. The minimum Gasteiger partial charge on any atom is -0.465 e. The molecule has 1 aromatic heterocycles. The Morgan fingerprint density at radius 2 is 2.15 bits per heavy atom. The van der Waals surface area contributed by atoms with Gasteiger partial charge in [-0.2, -0.15) is 0 Å². The summed E-state index contributed by atoms with van der Waals surface area (Å²) in [5.74, 6) is 0. The number of hydrogen-bond acceptors (Lipinski definition) is 6. The number of thioether (sulfide) groups is 1. The maximum absolute atomic E-state index is 10.9. The van der Waals surface area contributed by atoms with Crippen molar-refractivity contribution < 1.29 is 9.90 Å². The summed E-state index contributed by atoms with van der Waals surface area (Å²) in [5, 5.41) is 21.9. The van der Waals surface area contributed by atoms with Gasteiger partial charge in [-0.05, 0) is 37.4 Å². The molecule has 0 saturated carbocycles. The predicted molar refractivity (Wildman–Crippen MR) is 74.8 cm³/mol. The van der Waals surface area contributed by atoms with Gasteiger partial charge >= 0.3 is 6.09 Å². The first-order valence-corrected chi connectivity index (χ1v) is 7.49. The molecule has 0 spiro atoms. The van der Waals surface area contributed by atoms with E-state index in [9.17, 15) is 4.79 Å². The standard InChI is InChI=1S/C11H20N6O2S/c1-15(2)7-8-17-10(12-13-14-17)20-9-3-5-16(6-4-9)11(18)19/h9H,3-8H2,1-2H3,(H,18,19). The molecule has 1 fully saturated rings. The number of carbonyl (C=O) groups is 1. The van der Waals surface area contributed by atoms with E-state index in [0.29, 0.717) is 18.3 Å². The molecule has 1 N–H and O–H groups in total. The fraction of sp³-hybridized carbons (Fsp3) is 0.818. The Hall–Kier alpha value is -1.35. The quantitative estimate of drug-likeness (QED) is 0.845. The third kappa shape index (κ3) is 4.07. The van der Waals surface area contributed by atoms with E-state index in [2.05, 4.69) is 20.4 Å². The molecule has 0 bridgehead atoms. The summed E-state index contributed by atoms with van der Waals surface area (Å²) in [4.78, 5) is 14.4. The molecule has 1 amide bonds. The van der Waals surface area contributed by atoms with Crippen molar-refractivity contribution in [2.75, 3.05) is 33.7 Å². The van der Waals surface area contributed by atoms with Gasteiger partial charge in [-0.25, -0.2) is 9.48 Å². The van der Waals surface area contributed by atoms with Gasteiger partial charge in [0.2, 0.25) is 5.16 Å². The second kappa shape index (κ2) is 6.89. The maximum atomic E-state index is 10.9. The Balaban J connectivity index is 1.85. The molecule has 1 saturated heterocycles. The average molecular weight is 300 g/mol. The summed E-state index contributed by atoms with van der Waals surface area (Å²) >= 11 is 1.65. The van der Waals surface area contributed by atoms with Crippen LogP contribution in [0.4, 0.5) is 4.79 Å². The van der Waals surface area contributed by atoms with Crippen LogP contribution in [0, 0.1) is 0 Å². The van der Waals surface area contributed by atoms with E-state index in [4.69, 9.17) is 5.11 Å². The second-order valence-corrected chi connectivity index (χ2v) is 6.34. The average Bonchev–Trinajstić information content (AvgIpc) is 2.84. The number of likely N-dealkylation sites (N-methyl/N-ethyl adjacent to an activating group) is 1. The van der Waals surface area contributed by atoms with Crippen molar-refractivity contribution >= 4 is 17.9 Å². The summed E-state index contributed by atoms with van der Waals surface area (Å²) in [6, 6.07) is 0. The number of rotatable bonds is 5. The minimum absolute atomic E-state index is 0.384. The summed E-state index contributed by atoms with van der Waals surface area (Å²) in [6.45, 7) is 2.82. The van der Waals surface area contributed by atoms with Crippen molar-refractivity contribution in [3.05, 3.63) is 0 Å². The Labute approximate surface area is 122 Å².